The van der Waals surface area contributed by atoms with Gasteiger partial charge in [-0.05, 0) is 60.8 Å². The number of carbonyl (C=O) groups excluding carboxylic acids is 4. The fourth-order valence-corrected chi connectivity index (χ4v) is 5.26. The average molecular weight is 570 g/mol. The summed E-state index contributed by atoms with van der Waals surface area (Å²) in [6.45, 7) is 13.8. The van der Waals surface area contributed by atoms with E-state index in [9.17, 15) is 19.2 Å². The summed E-state index contributed by atoms with van der Waals surface area (Å²) in [4.78, 5) is 59.3. The van der Waals surface area contributed by atoms with E-state index >= 15 is 0 Å². The van der Waals surface area contributed by atoms with E-state index in [2.05, 4.69) is 10.2 Å². The molecule has 0 bridgehead atoms. The number of likely N-dealkylation sites (N-methyl/N-ethyl adjacent to an activating group) is 3. The van der Waals surface area contributed by atoms with Crippen LogP contribution in [0, 0.1) is 5.92 Å². The number of hydrogen-bond acceptors (Lipinski definition) is 8. The Morgan fingerprint density at radius 3 is 2.08 bits per heavy atom. The fraction of sp³-hybridized carbons (Fsp3) is 0.862. The highest BCUT2D eigenvalue weighted by atomic mass is 16.5. The molecule has 0 spiro atoms. The zero-order chi connectivity index (χ0) is 30.7. The minimum Gasteiger partial charge on any atom is -0.379 e. The molecule has 1 aliphatic rings. The highest BCUT2D eigenvalue weighted by Crippen LogP contribution is 2.28. The van der Waals surface area contributed by atoms with Crippen molar-refractivity contribution < 1.29 is 28.7 Å². The number of carbonyl (C=O) groups is 4. The predicted molar refractivity (Wildman–Crippen MR) is 156 cm³/mol. The quantitative estimate of drug-likeness (QED) is 0.279. The number of methoxy groups -OCH3 is 2. The molecule has 11 heteroatoms. The van der Waals surface area contributed by atoms with E-state index in [1.165, 1.54) is 12.0 Å². The highest BCUT2D eigenvalue weighted by molar-refractivity contribution is 5.89. The van der Waals surface area contributed by atoms with E-state index in [0.29, 0.717) is 13.1 Å². The fourth-order valence-electron chi connectivity index (χ4n) is 5.26. The maximum atomic E-state index is 13.6. The van der Waals surface area contributed by atoms with Gasteiger partial charge in [0, 0.05) is 33.7 Å². The molecule has 1 saturated heterocycles. The molecule has 1 N–H and O–H groups in total. The average Bonchev–Trinajstić information content (AvgIpc) is 3.42. The molecule has 0 radical (unpaired) electrons. The van der Waals surface area contributed by atoms with Crippen molar-refractivity contribution in [2.24, 2.45) is 5.92 Å². The molecule has 1 heterocycles. The molecule has 0 aromatic rings. The molecule has 1 rings (SSSR count). The van der Waals surface area contributed by atoms with E-state index in [-0.39, 0.29) is 47.9 Å². The third kappa shape index (κ3) is 9.49. The van der Waals surface area contributed by atoms with Crippen LogP contribution >= 0.6 is 0 Å². The first-order valence-corrected chi connectivity index (χ1v) is 14.6. The second-order valence-corrected chi connectivity index (χ2v) is 11.3. The molecule has 11 nitrogen and oxygen atoms in total. The zero-order valence-corrected chi connectivity index (χ0v) is 26.7. The van der Waals surface area contributed by atoms with Crippen LogP contribution in [0.3, 0.4) is 0 Å². The summed E-state index contributed by atoms with van der Waals surface area (Å²) >= 11 is 0. The maximum Gasteiger partial charge on any atom is 0.244 e. The Morgan fingerprint density at radius 2 is 1.57 bits per heavy atom. The highest BCUT2D eigenvalue weighted by Gasteiger charge is 2.41. The van der Waals surface area contributed by atoms with E-state index in [1.807, 2.05) is 32.6 Å². The summed E-state index contributed by atoms with van der Waals surface area (Å²) in [5, 5.41) is 2.77. The molecule has 7 atom stereocenters. The van der Waals surface area contributed by atoms with Crippen LogP contribution in [0.4, 0.5) is 0 Å². The summed E-state index contributed by atoms with van der Waals surface area (Å²) in [5.74, 6) is -0.826. The minimum atomic E-state index is -0.726. The Hall–Kier alpha value is -2.08. The number of ketones is 1. The van der Waals surface area contributed by atoms with Crippen molar-refractivity contribution in [2.45, 2.75) is 97.2 Å². The zero-order valence-electron chi connectivity index (χ0n) is 26.7. The van der Waals surface area contributed by atoms with Crippen molar-refractivity contribution in [3.05, 3.63) is 0 Å². The second kappa shape index (κ2) is 17.0. The van der Waals surface area contributed by atoms with Crippen molar-refractivity contribution in [2.75, 3.05) is 61.5 Å². The monoisotopic (exact) mass is 569 g/mol. The van der Waals surface area contributed by atoms with Gasteiger partial charge in [0.2, 0.25) is 17.7 Å². The van der Waals surface area contributed by atoms with Gasteiger partial charge < -0.3 is 24.6 Å². The number of amides is 3. The molecule has 3 amide bonds. The van der Waals surface area contributed by atoms with Crippen LogP contribution in [0.5, 0.6) is 0 Å². The first-order chi connectivity index (χ1) is 18.7. The predicted octanol–water partition coefficient (Wildman–Crippen LogP) is 1.25. The smallest absolute Gasteiger partial charge is 0.244 e. The Morgan fingerprint density at radius 1 is 0.975 bits per heavy atom. The van der Waals surface area contributed by atoms with Gasteiger partial charge in [-0.25, -0.2) is 0 Å². The van der Waals surface area contributed by atoms with Crippen LogP contribution in [-0.2, 0) is 28.7 Å². The molecule has 0 saturated carbocycles. The lowest BCUT2D eigenvalue weighted by Crippen LogP contribution is -2.54. The summed E-state index contributed by atoms with van der Waals surface area (Å²) in [5.41, 5.74) is 0. The van der Waals surface area contributed by atoms with Crippen LogP contribution in [0.2, 0.25) is 0 Å². The molecule has 232 valence electrons. The number of Topliss-reactive ketones (excluding diaryl/α,β-unsaturated/α-hetero) is 1. The van der Waals surface area contributed by atoms with Crippen molar-refractivity contribution >= 4 is 23.5 Å². The van der Waals surface area contributed by atoms with Gasteiger partial charge in [0.25, 0.3) is 0 Å². The van der Waals surface area contributed by atoms with Gasteiger partial charge in [0.1, 0.15) is 6.04 Å². The molecule has 1 fully saturated rings. The molecule has 0 aliphatic carbocycles. The van der Waals surface area contributed by atoms with Gasteiger partial charge in [-0.15, -0.1) is 0 Å². The Kier molecular flexibility index (Phi) is 15.3. The maximum absolute atomic E-state index is 13.6. The number of hydrogen-bond donors (Lipinski definition) is 1. The molecular formula is C29H55N5O6. The molecule has 0 aromatic heterocycles. The van der Waals surface area contributed by atoms with Crippen molar-refractivity contribution in [3.63, 3.8) is 0 Å². The van der Waals surface area contributed by atoms with Crippen LogP contribution in [0.25, 0.3) is 0 Å². The van der Waals surface area contributed by atoms with Crippen molar-refractivity contribution in [3.8, 4) is 0 Å². The Labute approximate surface area is 241 Å². The Balaban J connectivity index is 2.90. The largest absolute Gasteiger partial charge is 0.379 e. The van der Waals surface area contributed by atoms with Gasteiger partial charge in [0.05, 0.1) is 43.3 Å². The van der Waals surface area contributed by atoms with Crippen LogP contribution < -0.4 is 5.32 Å². The number of nitrogens with zero attached hydrogens (tertiary/aromatic N) is 4. The lowest BCUT2D eigenvalue weighted by molar-refractivity contribution is -0.145. The Bertz CT molecular complexity index is 836. The summed E-state index contributed by atoms with van der Waals surface area (Å²) in [7, 11) is 8.40. The van der Waals surface area contributed by atoms with Gasteiger partial charge in [-0.2, -0.15) is 0 Å². The lowest BCUT2D eigenvalue weighted by atomic mass is 9.91. The molecular weight excluding hydrogens is 514 g/mol. The minimum absolute atomic E-state index is 0.0857. The van der Waals surface area contributed by atoms with Gasteiger partial charge in [0.15, 0.2) is 5.78 Å². The van der Waals surface area contributed by atoms with Gasteiger partial charge >= 0.3 is 0 Å². The number of likely N-dealkylation sites (tertiary alicyclic amines) is 1. The third-order valence-corrected chi connectivity index (χ3v) is 8.60. The normalized spacial score (nSPS) is 20.1. The lowest BCUT2D eigenvalue weighted by Gasteiger charge is -2.36. The summed E-state index contributed by atoms with van der Waals surface area (Å²) in [6.07, 6.45) is 0.741. The standard InChI is InChI=1S/C29H55N5O6/c1-12-33(13-2)18-24(35)19(3)27(40-11)23-15-14-16-34(23)26(36)17-25(39-10)21(5)32(9)29(38)20(4)30-28(37)22(6)31(7)8/h19-23,25,27H,12-18H2,1-11H3,(H,30,37). The number of ether oxygens (including phenoxy) is 2. The summed E-state index contributed by atoms with van der Waals surface area (Å²) < 4.78 is 11.5. The SMILES string of the molecule is CCN(CC)CC(=O)C(C)C(OC)C1CCCN1C(=O)CC(OC)C(C)N(C)C(=O)C(C)NC(=O)C(C)N(C)C. The second-order valence-electron chi connectivity index (χ2n) is 11.3. The van der Waals surface area contributed by atoms with Gasteiger partial charge in [-0.3, -0.25) is 29.0 Å². The van der Waals surface area contributed by atoms with E-state index in [4.69, 9.17) is 9.47 Å². The first kappa shape index (κ1) is 35.9. The first-order valence-electron chi connectivity index (χ1n) is 14.6. The van der Waals surface area contributed by atoms with Crippen LogP contribution in [0.15, 0.2) is 0 Å². The van der Waals surface area contributed by atoms with Crippen LogP contribution in [-0.4, -0.2) is 141 Å². The molecule has 1 aliphatic heterocycles. The van der Waals surface area contributed by atoms with E-state index in [1.54, 1.807) is 47.0 Å². The number of nitrogens with one attached hydrogen (secondary N) is 1. The van der Waals surface area contributed by atoms with Crippen molar-refractivity contribution in [1.82, 2.24) is 24.9 Å². The third-order valence-electron chi connectivity index (χ3n) is 8.60. The molecule has 40 heavy (non-hydrogen) atoms. The van der Waals surface area contributed by atoms with E-state index < -0.39 is 24.3 Å². The van der Waals surface area contributed by atoms with Gasteiger partial charge in [-0.1, -0.05) is 20.8 Å². The summed E-state index contributed by atoms with van der Waals surface area (Å²) in [6, 6.07) is -1.71. The van der Waals surface area contributed by atoms with Crippen molar-refractivity contribution in [1.29, 1.82) is 0 Å². The van der Waals surface area contributed by atoms with Crippen LogP contribution in [0.1, 0.15) is 60.8 Å². The topological polar surface area (TPSA) is 112 Å². The molecule has 7 unspecified atom stereocenters. The van der Waals surface area contributed by atoms with E-state index in [0.717, 1.165) is 25.9 Å². The number of rotatable bonds is 17. The molecule has 0 aromatic carbocycles.